The molecule has 1 aromatic rings. The van der Waals surface area contributed by atoms with Crippen LogP contribution in [0.25, 0.3) is 0 Å². The number of carbonyl (C=O) groups excluding carboxylic acids is 2. The van der Waals surface area contributed by atoms with Gasteiger partial charge in [-0.05, 0) is 43.9 Å². The molecule has 1 saturated carbocycles. The van der Waals surface area contributed by atoms with Crippen LogP contribution in [0.2, 0.25) is 0 Å². The maximum atomic E-state index is 12.7. The van der Waals surface area contributed by atoms with Crippen molar-refractivity contribution in [1.29, 1.82) is 0 Å². The van der Waals surface area contributed by atoms with Crippen LogP contribution in [0.5, 0.6) is 11.5 Å². The summed E-state index contributed by atoms with van der Waals surface area (Å²) >= 11 is 0. The first-order valence-corrected chi connectivity index (χ1v) is 8.44. The molecule has 0 unspecified atom stereocenters. The average Bonchev–Trinajstić information content (AvgIpc) is 3.46. The van der Waals surface area contributed by atoms with Crippen molar-refractivity contribution in [3.8, 4) is 11.5 Å². The molecule has 1 N–H and O–H groups in total. The summed E-state index contributed by atoms with van der Waals surface area (Å²) in [5.41, 5.74) is 0.591. The van der Waals surface area contributed by atoms with Gasteiger partial charge in [-0.2, -0.15) is 0 Å². The number of nitrogens with zero attached hydrogens (tertiary/aromatic N) is 1. The largest absolute Gasteiger partial charge is 0.493 e. The highest BCUT2D eigenvalue weighted by molar-refractivity contribution is 5.95. The molecule has 2 fully saturated rings. The average molecular weight is 332 g/mol. The maximum absolute atomic E-state index is 12.7. The molecular weight excluding hydrogens is 308 g/mol. The number of nitrogens with one attached hydrogen (secondary N) is 1. The van der Waals surface area contributed by atoms with Gasteiger partial charge in [0.1, 0.15) is 0 Å². The van der Waals surface area contributed by atoms with Gasteiger partial charge >= 0.3 is 0 Å². The van der Waals surface area contributed by atoms with Crippen molar-refractivity contribution >= 4 is 11.8 Å². The smallest absolute Gasteiger partial charge is 0.253 e. The highest BCUT2D eigenvalue weighted by atomic mass is 16.5. The summed E-state index contributed by atoms with van der Waals surface area (Å²) in [7, 11) is 3.13. The monoisotopic (exact) mass is 332 g/mol. The minimum Gasteiger partial charge on any atom is -0.493 e. The van der Waals surface area contributed by atoms with Gasteiger partial charge < -0.3 is 19.7 Å². The Kier molecular flexibility index (Phi) is 4.92. The molecule has 2 amide bonds. The summed E-state index contributed by atoms with van der Waals surface area (Å²) in [4.78, 5) is 26.3. The fourth-order valence-corrected chi connectivity index (χ4v) is 3.04. The summed E-state index contributed by atoms with van der Waals surface area (Å²) in [6.45, 7) is 1.31. The Morgan fingerprint density at radius 2 is 1.71 bits per heavy atom. The SMILES string of the molecule is COc1ccc(C(=O)N2CCC(NC(=O)C3CC3)CC2)cc1OC. The van der Waals surface area contributed by atoms with Gasteiger partial charge in [-0.3, -0.25) is 9.59 Å². The summed E-state index contributed by atoms with van der Waals surface area (Å²) in [5, 5.41) is 3.10. The molecule has 0 radical (unpaired) electrons. The topological polar surface area (TPSA) is 67.9 Å². The van der Waals surface area contributed by atoms with E-state index in [1.54, 1.807) is 32.4 Å². The lowest BCUT2D eigenvalue weighted by atomic mass is 10.0. The van der Waals surface area contributed by atoms with Gasteiger partial charge in [0.25, 0.3) is 5.91 Å². The molecular formula is C18H24N2O4. The van der Waals surface area contributed by atoms with Crippen molar-refractivity contribution in [2.75, 3.05) is 27.3 Å². The van der Waals surface area contributed by atoms with Crippen LogP contribution in [0, 0.1) is 5.92 Å². The van der Waals surface area contributed by atoms with E-state index in [9.17, 15) is 9.59 Å². The zero-order valence-electron chi connectivity index (χ0n) is 14.2. The van der Waals surface area contributed by atoms with Crippen molar-refractivity contribution < 1.29 is 19.1 Å². The van der Waals surface area contributed by atoms with E-state index in [0.717, 1.165) is 25.7 Å². The predicted molar refractivity (Wildman–Crippen MR) is 89.3 cm³/mol. The number of carbonyl (C=O) groups is 2. The zero-order valence-corrected chi connectivity index (χ0v) is 14.2. The van der Waals surface area contributed by atoms with E-state index in [1.807, 2.05) is 4.90 Å². The van der Waals surface area contributed by atoms with Crippen LogP contribution in [0.1, 0.15) is 36.0 Å². The first kappa shape index (κ1) is 16.6. The van der Waals surface area contributed by atoms with Crippen molar-refractivity contribution in [3.63, 3.8) is 0 Å². The second kappa shape index (κ2) is 7.11. The molecule has 24 heavy (non-hydrogen) atoms. The Morgan fingerprint density at radius 1 is 1.04 bits per heavy atom. The number of hydrogen-bond donors (Lipinski definition) is 1. The van der Waals surface area contributed by atoms with E-state index in [1.165, 1.54) is 0 Å². The van der Waals surface area contributed by atoms with Crippen LogP contribution in [-0.4, -0.2) is 50.1 Å². The molecule has 6 nitrogen and oxygen atoms in total. The maximum Gasteiger partial charge on any atom is 0.253 e. The number of amides is 2. The lowest BCUT2D eigenvalue weighted by molar-refractivity contribution is -0.123. The summed E-state index contributed by atoms with van der Waals surface area (Å²) in [5.74, 6) is 1.56. The van der Waals surface area contributed by atoms with E-state index in [-0.39, 0.29) is 23.8 Å². The fraction of sp³-hybridized carbons (Fsp3) is 0.556. The van der Waals surface area contributed by atoms with Crippen molar-refractivity contribution in [3.05, 3.63) is 23.8 Å². The third-order valence-electron chi connectivity index (χ3n) is 4.71. The lowest BCUT2D eigenvalue weighted by Crippen LogP contribution is -2.46. The minimum atomic E-state index is -0.0112. The molecule has 0 bridgehead atoms. The zero-order chi connectivity index (χ0) is 17.1. The molecule has 2 aliphatic rings. The molecule has 1 heterocycles. The fourth-order valence-electron chi connectivity index (χ4n) is 3.04. The van der Waals surface area contributed by atoms with Gasteiger partial charge in [0, 0.05) is 30.6 Å². The third kappa shape index (κ3) is 3.63. The van der Waals surface area contributed by atoms with Gasteiger partial charge in [-0.25, -0.2) is 0 Å². The minimum absolute atomic E-state index is 0.0112. The van der Waals surface area contributed by atoms with E-state index < -0.39 is 0 Å². The molecule has 1 aliphatic carbocycles. The molecule has 3 rings (SSSR count). The van der Waals surface area contributed by atoms with Gasteiger partial charge in [-0.15, -0.1) is 0 Å². The van der Waals surface area contributed by atoms with Crippen LogP contribution in [0.4, 0.5) is 0 Å². The molecule has 0 aromatic heterocycles. The molecule has 1 saturated heterocycles. The van der Waals surface area contributed by atoms with E-state index in [4.69, 9.17) is 9.47 Å². The Bertz CT molecular complexity index is 619. The number of likely N-dealkylation sites (tertiary alicyclic amines) is 1. The molecule has 0 spiro atoms. The molecule has 0 atom stereocenters. The van der Waals surface area contributed by atoms with Gasteiger partial charge in [-0.1, -0.05) is 0 Å². The Morgan fingerprint density at radius 3 is 2.29 bits per heavy atom. The van der Waals surface area contributed by atoms with Crippen LogP contribution in [0.15, 0.2) is 18.2 Å². The summed E-state index contributed by atoms with van der Waals surface area (Å²) in [6, 6.07) is 5.40. The lowest BCUT2D eigenvalue weighted by Gasteiger charge is -2.32. The predicted octanol–water partition coefficient (Wildman–Crippen LogP) is 1.83. The first-order chi connectivity index (χ1) is 11.6. The highest BCUT2D eigenvalue weighted by Crippen LogP contribution is 2.30. The molecule has 1 aliphatic heterocycles. The Balaban J connectivity index is 1.57. The quantitative estimate of drug-likeness (QED) is 0.893. The molecule has 130 valence electrons. The number of rotatable bonds is 5. The van der Waals surface area contributed by atoms with Crippen molar-refractivity contribution in [1.82, 2.24) is 10.2 Å². The van der Waals surface area contributed by atoms with Gasteiger partial charge in [0.2, 0.25) is 5.91 Å². The number of benzene rings is 1. The van der Waals surface area contributed by atoms with E-state index >= 15 is 0 Å². The van der Waals surface area contributed by atoms with Crippen molar-refractivity contribution in [2.45, 2.75) is 31.7 Å². The standard InChI is InChI=1S/C18H24N2O4/c1-23-15-6-5-13(11-16(15)24-2)18(22)20-9-7-14(8-10-20)19-17(21)12-3-4-12/h5-6,11-12,14H,3-4,7-10H2,1-2H3,(H,19,21). The third-order valence-corrected chi connectivity index (χ3v) is 4.71. The van der Waals surface area contributed by atoms with Crippen LogP contribution >= 0.6 is 0 Å². The second-order valence-electron chi connectivity index (χ2n) is 6.42. The molecule has 1 aromatic carbocycles. The highest BCUT2D eigenvalue weighted by Gasteiger charge is 2.32. The number of methoxy groups -OCH3 is 2. The van der Waals surface area contributed by atoms with E-state index in [2.05, 4.69) is 5.32 Å². The molecule has 6 heteroatoms. The van der Waals surface area contributed by atoms with E-state index in [0.29, 0.717) is 30.2 Å². The van der Waals surface area contributed by atoms with Gasteiger partial charge in [0.15, 0.2) is 11.5 Å². The van der Waals surface area contributed by atoms with Crippen LogP contribution < -0.4 is 14.8 Å². The van der Waals surface area contributed by atoms with Crippen molar-refractivity contribution in [2.24, 2.45) is 5.92 Å². The normalized spacial score (nSPS) is 18.2. The van der Waals surface area contributed by atoms with Gasteiger partial charge in [0.05, 0.1) is 14.2 Å². The summed E-state index contributed by atoms with van der Waals surface area (Å²) in [6.07, 6.45) is 3.64. The van der Waals surface area contributed by atoms with Crippen LogP contribution in [0.3, 0.4) is 0 Å². The first-order valence-electron chi connectivity index (χ1n) is 8.44. The van der Waals surface area contributed by atoms with Crippen LogP contribution in [-0.2, 0) is 4.79 Å². The Hall–Kier alpha value is -2.24. The summed E-state index contributed by atoms with van der Waals surface area (Å²) < 4.78 is 10.5. The number of piperidine rings is 1. The number of ether oxygens (including phenoxy) is 2. The Labute approximate surface area is 142 Å². The second-order valence-corrected chi connectivity index (χ2v) is 6.42. The number of hydrogen-bond acceptors (Lipinski definition) is 4.